The molecule has 1 amide bonds. The van der Waals surface area contributed by atoms with Crippen LogP contribution in [0.15, 0.2) is 16.4 Å². The van der Waals surface area contributed by atoms with Gasteiger partial charge in [-0.2, -0.15) is 0 Å². The first-order valence-corrected chi connectivity index (χ1v) is 9.75. The van der Waals surface area contributed by atoms with Gasteiger partial charge in [0.2, 0.25) is 5.91 Å². The van der Waals surface area contributed by atoms with Crippen LogP contribution in [0.4, 0.5) is 0 Å². The zero-order valence-corrected chi connectivity index (χ0v) is 15.9. The van der Waals surface area contributed by atoms with E-state index in [1.165, 1.54) is 16.9 Å². The lowest BCUT2D eigenvalue weighted by Crippen LogP contribution is -2.41. The molecule has 0 bridgehead atoms. The molecular formula is C18H30N4OS. The summed E-state index contributed by atoms with van der Waals surface area (Å²) in [4.78, 5) is 20.0. The van der Waals surface area contributed by atoms with Crippen LogP contribution >= 0.6 is 11.3 Å². The summed E-state index contributed by atoms with van der Waals surface area (Å²) in [7, 11) is 1.77. The fourth-order valence-electron chi connectivity index (χ4n) is 2.85. The molecular weight excluding hydrogens is 320 g/mol. The van der Waals surface area contributed by atoms with Gasteiger partial charge < -0.3 is 15.5 Å². The van der Waals surface area contributed by atoms with Gasteiger partial charge in [0.15, 0.2) is 5.96 Å². The third-order valence-electron chi connectivity index (χ3n) is 4.27. The van der Waals surface area contributed by atoms with Crippen molar-refractivity contribution in [2.75, 3.05) is 26.7 Å². The van der Waals surface area contributed by atoms with Crippen molar-refractivity contribution in [3.05, 3.63) is 21.9 Å². The normalized spacial score (nSPS) is 14.7. The summed E-state index contributed by atoms with van der Waals surface area (Å²) < 4.78 is 0. The van der Waals surface area contributed by atoms with Gasteiger partial charge in [-0.1, -0.05) is 13.8 Å². The van der Waals surface area contributed by atoms with Gasteiger partial charge in [-0.15, -0.1) is 11.3 Å². The third-order valence-corrected chi connectivity index (χ3v) is 5.29. The molecule has 0 radical (unpaired) electrons. The monoisotopic (exact) mass is 350 g/mol. The maximum atomic E-state index is 12.4. The van der Waals surface area contributed by atoms with Gasteiger partial charge >= 0.3 is 0 Å². The van der Waals surface area contributed by atoms with Gasteiger partial charge in [0, 0.05) is 44.5 Å². The summed E-state index contributed by atoms with van der Waals surface area (Å²) in [5.74, 6) is 1.73. The molecule has 1 aromatic heterocycles. The number of thiophene rings is 1. The zero-order chi connectivity index (χ0) is 17.4. The van der Waals surface area contributed by atoms with Crippen molar-refractivity contribution in [1.29, 1.82) is 0 Å². The summed E-state index contributed by atoms with van der Waals surface area (Å²) in [5, 5.41) is 8.66. The minimum absolute atomic E-state index is 0.217. The maximum absolute atomic E-state index is 12.4. The standard InChI is InChI=1S/C18H30N4OS/c1-14(2)5-4-9-20-18(19-3)21-10-6-17(23)22-11-7-16-15(13-22)8-12-24-16/h8,12,14H,4-7,9-11,13H2,1-3H3,(H2,19,20,21). The number of rotatable bonds is 7. The molecule has 6 heteroatoms. The fourth-order valence-corrected chi connectivity index (χ4v) is 3.73. The average Bonchev–Trinajstić information content (AvgIpc) is 3.04. The van der Waals surface area contributed by atoms with E-state index in [9.17, 15) is 4.79 Å². The Balaban J connectivity index is 1.65. The Morgan fingerprint density at radius 3 is 2.92 bits per heavy atom. The van der Waals surface area contributed by atoms with Gasteiger partial charge in [-0.25, -0.2) is 0 Å². The van der Waals surface area contributed by atoms with Crippen molar-refractivity contribution in [3.8, 4) is 0 Å². The highest BCUT2D eigenvalue weighted by atomic mass is 32.1. The molecule has 1 aromatic rings. The number of hydrogen-bond acceptors (Lipinski definition) is 3. The Bertz CT molecular complexity index is 553. The van der Waals surface area contributed by atoms with E-state index in [0.29, 0.717) is 13.0 Å². The maximum Gasteiger partial charge on any atom is 0.224 e. The molecule has 24 heavy (non-hydrogen) atoms. The lowest BCUT2D eigenvalue weighted by Gasteiger charge is -2.27. The summed E-state index contributed by atoms with van der Waals surface area (Å²) >= 11 is 1.80. The molecule has 1 aliphatic rings. The van der Waals surface area contributed by atoms with Crippen molar-refractivity contribution in [2.24, 2.45) is 10.9 Å². The van der Waals surface area contributed by atoms with E-state index >= 15 is 0 Å². The summed E-state index contributed by atoms with van der Waals surface area (Å²) in [6, 6.07) is 2.14. The van der Waals surface area contributed by atoms with Gasteiger partial charge in [0.1, 0.15) is 0 Å². The number of carbonyl (C=O) groups is 1. The van der Waals surface area contributed by atoms with Crippen LogP contribution in [0.1, 0.15) is 43.6 Å². The molecule has 0 saturated carbocycles. The van der Waals surface area contributed by atoms with Crippen LogP contribution in [0, 0.1) is 5.92 Å². The van der Waals surface area contributed by atoms with E-state index in [-0.39, 0.29) is 5.91 Å². The van der Waals surface area contributed by atoms with E-state index in [1.807, 2.05) is 4.90 Å². The van der Waals surface area contributed by atoms with Crippen molar-refractivity contribution in [2.45, 2.75) is 46.1 Å². The summed E-state index contributed by atoms with van der Waals surface area (Å²) in [6.07, 6.45) is 3.84. The Morgan fingerprint density at radius 2 is 2.17 bits per heavy atom. The summed E-state index contributed by atoms with van der Waals surface area (Å²) in [5.41, 5.74) is 1.31. The van der Waals surface area contributed by atoms with Crippen LogP contribution in [0.3, 0.4) is 0 Å². The number of carbonyl (C=O) groups excluding carboxylic acids is 1. The minimum Gasteiger partial charge on any atom is -0.356 e. The lowest BCUT2D eigenvalue weighted by atomic mass is 10.1. The Labute approximate surface area is 149 Å². The number of fused-ring (bicyclic) bond motifs is 1. The van der Waals surface area contributed by atoms with Crippen LogP contribution in [0.25, 0.3) is 0 Å². The van der Waals surface area contributed by atoms with Crippen LogP contribution in [-0.2, 0) is 17.8 Å². The molecule has 0 aromatic carbocycles. The number of amides is 1. The first kappa shape index (κ1) is 18.8. The average molecular weight is 351 g/mol. The van der Waals surface area contributed by atoms with Gasteiger partial charge in [-0.3, -0.25) is 9.79 Å². The van der Waals surface area contributed by atoms with Crippen molar-refractivity contribution in [1.82, 2.24) is 15.5 Å². The third kappa shape index (κ3) is 5.82. The number of aliphatic imine (C=N–C) groups is 1. The molecule has 0 spiro atoms. The largest absolute Gasteiger partial charge is 0.356 e. The van der Waals surface area contributed by atoms with E-state index in [1.54, 1.807) is 18.4 Å². The number of nitrogens with one attached hydrogen (secondary N) is 2. The second kappa shape index (κ2) is 9.67. The smallest absolute Gasteiger partial charge is 0.224 e. The highest BCUT2D eigenvalue weighted by Crippen LogP contribution is 2.24. The molecule has 2 N–H and O–H groups in total. The quantitative estimate of drug-likeness (QED) is 0.451. The molecule has 0 unspecified atom stereocenters. The molecule has 0 aliphatic carbocycles. The van der Waals surface area contributed by atoms with Gasteiger partial charge in [-0.05, 0) is 42.2 Å². The molecule has 0 fully saturated rings. The Morgan fingerprint density at radius 1 is 1.38 bits per heavy atom. The Hall–Kier alpha value is -1.56. The highest BCUT2D eigenvalue weighted by Gasteiger charge is 2.20. The molecule has 1 aliphatic heterocycles. The predicted molar refractivity (Wildman–Crippen MR) is 101 cm³/mol. The zero-order valence-electron chi connectivity index (χ0n) is 15.1. The van der Waals surface area contributed by atoms with E-state index < -0.39 is 0 Å². The fraction of sp³-hybridized carbons (Fsp3) is 0.667. The second-order valence-electron chi connectivity index (χ2n) is 6.65. The Kier molecular flexibility index (Phi) is 7.56. The van der Waals surface area contributed by atoms with E-state index in [2.05, 4.69) is 40.9 Å². The van der Waals surface area contributed by atoms with Crippen LogP contribution in [0.5, 0.6) is 0 Å². The van der Waals surface area contributed by atoms with Crippen molar-refractivity contribution < 1.29 is 4.79 Å². The first-order chi connectivity index (χ1) is 11.6. The highest BCUT2D eigenvalue weighted by molar-refractivity contribution is 7.10. The second-order valence-corrected chi connectivity index (χ2v) is 7.65. The molecule has 0 saturated heterocycles. The van der Waals surface area contributed by atoms with Crippen LogP contribution in [-0.4, -0.2) is 43.4 Å². The lowest BCUT2D eigenvalue weighted by molar-refractivity contribution is -0.131. The molecule has 2 rings (SSSR count). The van der Waals surface area contributed by atoms with Crippen LogP contribution in [0.2, 0.25) is 0 Å². The van der Waals surface area contributed by atoms with E-state index in [0.717, 1.165) is 44.4 Å². The molecule has 2 heterocycles. The SMILES string of the molecule is CN=C(NCCCC(C)C)NCCC(=O)N1CCc2sccc2C1. The van der Waals surface area contributed by atoms with Crippen molar-refractivity contribution in [3.63, 3.8) is 0 Å². The first-order valence-electron chi connectivity index (χ1n) is 8.87. The minimum atomic E-state index is 0.217. The molecule has 0 atom stereocenters. The van der Waals surface area contributed by atoms with Crippen molar-refractivity contribution >= 4 is 23.2 Å². The van der Waals surface area contributed by atoms with Crippen LogP contribution < -0.4 is 10.6 Å². The number of nitrogens with zero attached hydrogens (tertiary/aromatic N) is 2. The van der Waals surface area contributed by atoms with Gasteiger partial charge in [0.25, 0.3) is 0 Å². The predicted octanol–water partition coefficient (Wildman–Crippen LogP) is 2.62. The number of guanidine groups is 1. The summed E-state index contributed by atoms with van der Waals surface area (Å²) in [6.45, 7) is 7.61. The van der Waals surface area contributed by atoms with E-state index in [4.69, 9.17) is 0 Å². The number of hydrogen-bond donors (Lipinski definition) is 2. The molecule has 5 nitrogen and oxygen atoms in total. The topological polar surface area (TPSA) is 56.7 Å². The van der Waals surface area contributed by atoms with Gasteiger partial charge in [0.05, 0.1) is 0 Å². The molecule has 134 valence electrons.